The second-order valence-corrected chi connectivity index (χ2v) is 5.51. The summed E-state index contributed by atoms with van der Waals surface area (Å²) in [6.07, 6.45) is 0.659. The zero-order valence-corrected chi connectivity index (χ0v) is 15.0. The maximum atomic E-state index is 11.9. The minimum Gasteiger partial charge on any atom is -0.481 e. The number of carbonyl (C=O) groups is 3. The number of nitrogens with zero attached hydrogens (tertiary/aromatic N) is 1. The normalized spacial score (nSPS) is 12.2. The molecule has 0 aromatic heterocycles. The highest BCUT2D eigenvalue weighted by atomic mass is 16.6. The van der Waals surface area contributed by atoms with Crippen LogP contribution >= 0.6 is 0 Å². The third-order valence-electron chi connectivity index (χ3n) is 3.70. The Morgan fingerprint density at radius 2 is 1.92 bits per heavy atom. The van der Waals surface area contributed by atoms with Crippen molar-refractivity contribution in [3.05, 3.63) is 29.8 Å². The minimum atomic E-state index is -0.810. The van der Waals surface area contributed by atoms with Crippen molar-refractivity contribution in [3.63, 3.8) is 0 Å². The highest BCUT2D eigenvalue weighted by molar-refractivity contribution is 5.86. The summed E-state index contributed by atoms with van der Waals surface area (Å²) in [7, 11) is 1.24. The van der Waals surface area contributed by atoms with Crippen LogP contribution in [-0.2, 0) is 23.9 Å². The van der Waals surface area contributed by atoms with E-state index < -0.39 is 37.1 Å². The second kappa shape index (κ2) is 10.7. The molecule has 0 aliphatic carbocycles. The Hall–Kier alpha value is -3.08. The third-order valence-corrected chi connectivity index (χ3v) is 3.70. The zero-order valence-electron chi connectivity index (χ0n) is 15.0. The van der Waals surface area contributed by atoms with Crippen molar-refractivity contribution in [2.45, 2.75) is 26.3 Å². The van der Waals surface area contributed by atoms with Gasteiger partial charge in [-0.1, -0.05) is 32.4 Å². The number of benzene rings is 1. The van der Waals surface area contributed by atoms with Crippen LogP contribution in [0.2, 0.25) is 0 Å². The molecule has 0 radical (unpaired) electrons. The van der Waals surface area contributed by atoms with Crippen LogP contribution < -0.4 is 10.1 Å². The van der Waals surface area contributed by atoms with Gasteiger partial charge in [-0.15, -0.1) is 0 Å². The molecule has 0 fully saturated rings. The lowest BCUT2D eigenvalue weighted by Gasteiger charge is -2.21. The number of nitriles is 1. The number of esters is 2. The van der Waals surface area contributed by atoms with Gasteiger partial charge < -0.3 is 19.5 Å². The highest BCUT2D eigenvalue weighted by Gasteiger charge is 2.26. The molecular weight excluding hydrogens is 340 g/mol. The molecule has 8 heteroatoms. The van der Waals surface area contributed by atoms with E-state index in [1.165, 1.54) is 7.11 Å². The summed E-state index contributed by atoms with van der Waals surface area (Å²) in [6.45, 7) is 2.68. The molecule has 0 spiro atoms. The summed E-state index contributed by atoms with van der Waals surface area (Å²) in [6, 6.07) is 7.56. The fourth-order valence-electron chi connectivity index (χ4n) is 2.02. The van der Waals surface area contributed by atoms with Crippen LogP contribution in [0.15, 0.2) is 24.3 Å². The molecule has 0 aliphatic rings. The first-order valence-electron chi connectivity index (χ1n) is 8.07. The molecule has 1 N–H and O–H groups in total. The first-order chi connectivity index (χ1) is 12.4. The van der Waals surface area contributed by atoms with E-state index in [2.05, 4.69) is 10.1 Å². The van der Waals surface area contributed by atoms with E-state index >= 15 is 0 Å². The largest absolute Gasteiger partial charge is 0.481 e. The van der Waals surface area contributed by atoms with Crippen molar-refractivity contribution in [2.24, 2.45) is 5.92 Å². The predicted molar refractivity (Wildman–Crippen MR) is 91.0 cm³/mol. The van der Waals surface area contributed by atoms with Gasteiger partial charge in [-0.3, -0.25) is 4.79 Å². The average molecular weight is 362 g/mol. The summed E-state index contributed by atoms with van der Waals surface area (Å²) in [5.74, 6) is -1.83. The van der Waals surface area contributed by atoms with Gasteiger partial charge in [0.2, 0.25) is 0 Å². The van der Waals surface area contributed by atoms with Gasteiger partial charge in [0, 0.05) is 0 Å². The first-order valence-corrected chi connectivity index (χ1v) is 8.07. The van der Waals surface area contributed by atoms with E-state index in [1.807, 2.05) is 13.0 Å². The quantitative estimate of drug-likeness (QED) is 0.656. The Morgan fingerprint density at radius 3 is 2.54 bits per heavy atom. The third kappa shape index (κ3) is 6.43. The van der Waals surface area contributed by atoms with E-state index in [-0.39, 0.29) is 17.2 Å². The van der Waals surface area contributed by atoms with Crippen LogP contribution in [0.5, 0.6) is 5.75 Å². The lowest BCUT2D eigenvalue weighted by molar-refractivity contribution is -0.152. The summed E-state index contributed by atoms with van der Waals surface area (Å²) in [4.78, 5) is 35.3. The fourth-order valence-corrected chi connectivity index (χ4v) is 2.02. The molecule has 1 rings (SSSR count). The predicted octanol–water partition coefficient (Wildman–Crippen LogP) is 1.18. The molecule has 1 aromatic rings. The lowest BCUT2D eigenvalue weighted by atomic mass is 9.99. The lowest BCUT2D eigenvalue weighted by Crippen LogP contribution is -2.47. The molecule has 1 amide bonds. The number of methoxy groups -OCH3 is 1. The Balaban J connectivity index is 2.47. The Morgan fingerprint density at radius 1 is 1.23 bits per heavy atom. The van der Waals surface area contributed by atoms with Crippen molar-refractivity contribution in [1.82, 2.24) is 5.32 Å². The Kier molecular flexibility index (Phi) is 8.64. The van der Waals surface area contributed by atoms with Gasteiger partial charge in [0.05, 0.1) is 12.7 Å². The Bertz CT molecular complexity index is 683. The van der Waals surface area contributed by atoms with Crippen LogP contribution in [-0.4, -0.2) is 44.2 Å². The molecule has 0 aliphatic heterocycles. The van der Waals surface area contributed by atoms with Crippen LogP contribution in [0.1, 0.15) is 25.8 Å². The molecular formula is C18H22N2O6. The summed E-state index contributed by atoms with van der Waals surface area (Å²) >= 11 is 0. The number of para-hydroxylation sites is 1. The van der Waals surface area contributed by atoms with E-state index in [0.29, 0.717) is 6.42 Å². The Labute approximate surface area is 152 Å². The number of hydrogen-bond donors (Lipinski definition) is 1. The van der Waals surface area contributed by atoms with Gasteiger partial charge in [0.1, 0.15) is 17.9 Å². The summed E-state index contributed by atoms with van der Waals surface area (Å²) in [5.41, 5.74) is 0.285. The number of ether oxygens (including phenoxy) is 3. The molecule has 0 unspecified atom stereocenters. The topological polar surface area (TPSA) is 115 Å². The van der Waals surface area contributed by atoms with E-state index in [9.17, 15) is 14.4 Å². The number of rotatable bonds is 9. The maximum Gasteiger partial charge on any atom is 0.344 e. The number of nitrogens with one attached hydrogen (secondary N) is 1. The molecule has 2 atom stereocenters. The molecule has 0 saturated carbocycles. The van der Waals surface area contributed by atoms with Gasteiger partial charge in [-0.25, -0.2) is 9.59 Å². The van der Waals surface area contributed by atoms with Crippen LogP contribution in [0.25, 0.3) is 0 Å². The molecule has 26 heavy (non-hydrogen) atoms. The van der Waals surface area contributed by atoms with Gasteiger partial charge in [0.25, 0.3) is 5.91 Å². The highest BCUT2D eigenvalue weighted by Crippen LogP contribution is 2.16. The van der Waals surface area contributed by atoms with Crippen LogP contribution in [0.3, 0.4) is 0 Å². The van der Waals surface area contributed by atoms with Crippen molar-refractivity contribution in [2.75, 3.05) is 20.3 Å². The molecule has 0 heterocycles. The van der Waals surface area contributed by atoms with Crippen LogP contribution in [0, 0.1) is 17.2 Å². The van der Waals surface area contributed by atoms with Gasteiger partial charge in [-0.2, -0.15) is 5.26 Å². The monoisotopic (exact) mass is 362 g/mol. The van der Waals surface area contributed by atoms with E-state index in [1.54, 1.807) is 31.2 Å². The zero-order chi connectivity index (χ0) is 19.5. The van der Waals surface area contributed by atoms with Gasteiger partial charge in [-0.05, 0) is 18.1 Å². The number of carbonyl (C=O) groups excluding carboxylic acids is 3. The molecule has 8 nitrogen and oxygen atoms in total. The maximum absolute atomic E-state index is 11.9. The van der Waals surface area contributed by atoms with Crippen molar-refractivity contribution in [3.8, 4) is 11.8 Å². The smallest absolute Gasteiger partial charge is 0.344 e. The van der Waals surface area contributed by atoms with Crippen LogP contribution in [0.4, 0.5) is 0 Å². The summed E-state index contributed by atoms with van der Waals surface area (Å²) in [5, 5.41) is 11.4. The SMILES string of the molecule is CC[C@@H](C)[C@H](NC(=O)COC(=O)COc1ccccc1C#N)C(=O)OC. The summed E-state index contributed by atoms with van der Waals surface area (Å²) < 4.78 is 14.7. The molecule has 0 saturated heterocycles. The standard InChI is InChI=1S/C18H22N2O6/c1-4-12(2)17(18(23)24-3)20-15(21)10-26-16(22)11-25-14-8-6-5-7-13(14)9-19/h5-8,12,17H,4,10-11H2,1-3H3,(H,20,21)/t12-,17+/m1/s1. The second-order valence-electron chi connectivity index (χ2n) is 5.51. The first kappa shape index (κ1) is 21.0. The number of amides is 1. The molecule has 1 aromatic carbocycles. The van der Waals surface area contributed by atoms with E-state index in [4.69, 9.17) is 14.7 Å². The van der Waals surface area contributed by atoms with Gasteiger partial charge >= 0.3 is 11.9 Å². The van der Waals surface area contributed by atoms with Crippen molar-refractivity contribution in [1.29, 1.82) is 5.26 Å². The number of hydrogen-bond acceptors (Lipinski definition) is 7. The van der Waals surface area contributed by atoms with Crippen molar-refractivity contribution < 1.29 is 28.6 Å². The van der Waals surface area contributed by atoms with Crippen molar-refractivity contribution >= 4 is 17.8 Å². The average Bonchev–Trinajstić information content (AvgIpc) is 2.67. The molecule has 140 valence electrons. The van der Waals surface area contributed by atoms with Gasteiger partial charge in [0.15, 0.2) is 13.2 Å². The minimum absolute atomic E-state index is 0.132. The van der Waals surface area contributed by atoms with E-state index in [0.717, 1.165) is 0 Å². The molecule has 0 bridgehead atoms. The fraction of sp³-hybridized carbons (Fsp3) is 0.444.